The first-order chi connectivity index (χ1) is 12.8. The number of aliphatic carboxylic acids is 1. The number of carboxylic acids is 1. The molecule has 0 saturated carbocycles. The zero-order chi connectivity index (χ0) is 19.6. The van der Waals surface area contributed by atoms with Crippen LogP contribution in [-0.2, 0) is 11.8 Å². The average Bonchev–Trinajstić information content (AvgIpc) is 3.00. The normalized spacial score (nSPS) is 14.8. The minimum Gasteiger partial charge on any atom is -0.481 e. The second-order valence-corrected chi connectivity index (χ2v) is 7.03. The number of rotatable bonds is 4. The van der Waals surface area contributed by atoms with Crippen molar-refractivity contribution >= 4 is 35.1 Å². The number of benzene rings is 1. The molecule has 0 unspecified atom stereocenters. The van der Waals surface area contributed by atoms with Crippen LogP contribution < -0.4 is 5.32 Å². The Kier molecular flexibility index (Phi) is 5.51. The second kappa shape index (κ2) is 7.84. The van der Waals surface area contributed by atoms with Crippen LogP contribution in [0.3, 0.4) is 0 Å². The number of carboxylic acid groups (broad SMARTS) is 1. The number of carbonyl (C=O) groups excluding carboxylic acids is 2. The Bertz CT molecular complexity index is 868. The molecule has 2 aromatic rings. The van der Waals surface area contributed by atoms with E-state index in [1.807, 2.05) is 0 Å². The number of halogens is 1. The summed E-state index contributed by atoms with van der Waals surface area (Å²) >= 11 is 5.89. The summed E-state index contributed by atoms with van der Waals surface area (Å²) in [7, 11) is 1.73. The van der Waals surface area contributed by atoms with Crippen LogP contribution in [-0.4, -0.2) is 45.4 Å². The molecule has 2 heterocycles. The highest BCUT2D eigenvalue weighted by Gasteiger charge is 2.27. The molecule has 1 aliphatic rings. The Labute approximate surface area is 161 Å². The molecule has 0 radical (unpaired) electrons. The second-order valence-electron chi connectivity index (χ2n) is 6.59. The number of anilines is 1. The highest BCUT2D eigenvalue weighted by molar-refractivity contribution is 6.31. The van der Waals surface area contributed by atoms with E-state index in [1.165, 1.54) is 0 Å². The maximum atomic E-state index is 12.6. The fraction of sp³-hybridized carbons (Fsp3) is 0.316. The molecule has 0 spiro atoms. The van der Waals surface area contributed by atoms with Crippen molar-refractivity contribution in [3.8, 4) is 0 Å². The minimum atomic E-state index is -0.804. The van der Waals surface area contributed by atoms with Gasteiger partial charge in [0.15, 0.2) is 0 Å². The van der Waals surface area contributed by atoms with Crippen molar-refractivity contribution < 1.29 is 19.5 Å². The van der Waals surface area contributed by atoms with Gasteiger partial charge in [0, 0.05) is 37.6 Å². The van der Waals surface area contributed by atoms with E-state index >= 15 is 0 Å². The number of carbonyl (C=O) groups is 3. The van der Waals surface area contributed by atoms with Gasteiger partial charge in [-0.05, 0) is 43.2 Å². The van der Waals surface area contributed by atoms with Gasteiger partial charge < -0.3 is 19.9 Å². The van der Waals surface area contributed by atoms with Gasteiger partial charge >= 0.3 is 5.97 Å². The van der Waals surface area contributed by atoms with E-state index in [-0.39, 0.29) is 17.7 Å². The van der Waals surface area contributed by atoms with E-state index in [2.05, 4.69) is 5.32 Å². The van der Waals surface area contributed by atoms with Crippen LogP contribution in [0.5, 0.6) is 0 Å². The number of amides is 2. The molecule has 2 amide bonds. The van der Waals surface area contributed by atoms with Crippen molar-refractivity contribution in [2.45, 2.75) is 12.8 Å². The lowest BCUT2D eigenvalue weighted by molar-refractivity contribution is -0.143. The Hall–Kier alpha value is -2.80. The zero-order valence-corrected chi connectivity index (χ0v) is 15.6. The van der Waals surface area contributed by atoms with Gasteiger partial charge in [-0.2, -0.15) is 0 Å². The van der Waals surface area contributed by atoms with Gasteiger partial charge in [-0.15, -0.1) is 0 Å². The molecule has 142 valence electrons. The van der Waals surface area contributed by atoms with Gasteiger partial charge in [0.25, 0.3) is 11.8 Å². The number of piperidine rings is 1. The van der Waals surface area contributed by atoms with Crippen LogP contribution in [0.25, 0.3) is 0 Å². The summed E-state index contributed by atoms with van der Waals surface area (Å²) in [6, 6.07) is 8.22. The molecule has 1 saturated heterocycles. The SMILES string of the molecule is Cn1cc(Cl)cc1C(=O)Nc1ccc(C(=O)N2CCC(C(=O)O)CC2)cc1. The summed E-state index contributed by atoms with van der Waals surface area (Å²) in [6.45, 7) is 0.866. The molecule has 2 N–H and O–H groups in total. The van der Waals surface area contributed by atoms with E-state index in [0.717, 1.165) is 0 Å². The number of nitrogens with zero attached hydrogens (tertiary/aromatic N) is 2. The lowest BCUT2D eigenvalue weighted by Gasteiger charge is -2.30. The van der Waals surface area contributed by atoms with Gasteiger partial charge in [-0.3, -0.25) is 14.4 Å². The summed E-state index contributed by atoms with van der Waals surface area (Å²) in [6.07, 6.45) is 2.58. The Morgan fingerprint density at radius 1 is 1.15 bits per heavy atom. The predicted molar refractivity (Wildman–Crippen MR) is 101 cm³/mol. The van der Waals surface area contributed by atoms with Gasteiger partial charge in [-0.1, -0.05) is 11.6 Å². The standard InChI is InChI=1S/C19H20ClN3O4/c1-22-11-14(20)10-16(22)17(24)21-15-4-2-12(3-5-15)18(25)23-8-6-13(7-9-23)19(26)27/h2-5,10-11,13H,6-9H2,1H3,(H,21,24)(H,26,27). The zero-order valence-electron chi connectivity index (χ0n) is 14.8. The number of aromatic nitrogens is 1. The number of nitrogens with one attached hydrogen (secondary N) is 1. The summed E-state index contributed by atoms with van der Waals surface area (Å²) < 4.78 is 1.64. The van der Waals surface area contributed by atoms with Crippen molar-refractivity contribution in [2.24, 2.45) is 13.0 Å². The molecule has 1 fully saturated rings. The molecule has 0 bridgehead atoms. The molecule has 3 rings (SSSR count). The smallest absolute Gasteiger partial charge is 0.306 e. The third-order valence-electron chi connectivity index (χ3n) is 4.73. The van der Waals surface area contributed by atoms with E-state index < -0.39 is 5.97 Å². The van der Waals surface area contributed by atoms with Crippen LogP contribution in [0.4, 0.5) is 5.69 Å². The molecular formula is C19H20ClN3O4. The van der Waals surface area contributed by atoms with Gasteiger partial charge in [0.05, 0.1) is 10.9 Å². The fourth-order valence-electron chi connectivity index (χ4n) is 3.15. The molecule has 27 heavy (non-hydrogen) atoms. The average molecular weight is 390 g/mol. The van der Waals surface area contributed by atoms with Crippen LogP contribution in [0.15, 0.2) is 36.5 Å². The summed E-state index contributed by atoms with van der Waals surface area (Å²) in [5.41, 5.74) is 1.50. The Balaban J connectivity index is 1.62. The minimum absolute atomic E-state index is 0.133. The van der Waals surface area contributed by atoms with E-state index in [9.17, 15) is 14.4 Å². The van der Waals surface area contributed by atoms with Crippen molar-refractivity contribution in [3.63, 3.8) is 0 Å². The van der Waals surface area contributed by atoms with E-state index in [4.69, 9.17) is 16.7 Å². The van der Waals surface area contributed by atoms with Crippen LogP contribution in [0.2, 0.25) is 5.02 Å². The quantitative estimate of drug-likeness (QED) is 0.841. The van der Waals surface area contributed by atoms with Crippen molar-refractivity contribution in [1.29, 1.82) is 0 Å². The molecule has 1 aromatic carbocycles. The summed E-state index contributed by atoms with van der Waals surface area (Å²) in [5.74, 6) is -1.61. The fourth-order valence-corrected chi connectivity index (χ4v) is 3.40. The number of hydrogen-bond donors (Lipinski definition) is 2. The summed E-state index contributed by atoms with van der Waals surface area (Å²) in [5, 5.41) is 12.3. The highest BCUT2D eigenvalue weighted by Crippen LogP contribution is 2.20. The number of likely N-dealkylation sites (tertiary alicyclic amines) is 1. The van der Waals surface area contributed by atoms with E-state index in [1.54, 1.807) is 53.0 Å². The first kappa shape index (κ1) is 19.0. The van der Waals surface area contributed by atoms with Crippen molar-refractivity contribution in [1.82, 2.24) is 9.47 Å². The van der Waals surface area contributed by atoms with Gasteiger partial charge in [0.1, 0.15) is 5.69 Å². The summed E-state index contributed by atoms with van der Waals surface area (Å²) in [4.78, 5) is 37.5. The third-order valence-corrected chi connectivity index (χ3v) is 4.93. The molecule has 0 aliphatic carbocycles. The topological polar surface area (TPSA) is 91.6 Å². The molecule has 7 nitrogen and oxygen atoms in total. The van der Waals surface area contributed by atoms with Gasteiger partial charge in [0.2, 0.25) is 0 Å². The molecular weight excluding hydrogens is 370 g/mol. The first-order valence-corrected chi connectivity index (χ1v) is 8.98. The maximum absolute atomic E-state index is 12.6. The lowest BCUT2D eigenvalue weighted by atomic mass is 9.96. The number of aryl methyl sites for hydroxylation is 1. The monoisotopic (exact) mass is 389 g/mol. The van der Waals surface area contributed by atoms with Crippen LogP contribution in [0, 0.1) is 5.92 Å². The highest BCUT2D eigenvalue weighted by atomic mass is 35.5. The first-order valence-electron chi connectivity index (χ1n) is 8.60. The Morgan fingerprint density at radius 2 is 1.78 bits per heavy atom. The molecule has 1 aromatic heterocycles. The molecule has 1 aliphatic heterocycles. The van der Waals surface area contributed by atoms with Gasteiger partial charge in [-0.25, -0.2) is 0 Å². The van der Waals surface area contributed by atoms with E-state index in [0.29, 0.717) is 47.9 Å². The number of hydrogen-bond acceptors (Lipinski definition) is 3. The lowest BCUT2D eigenvalue weighted by Crippen LogP contribution is -2.40. The predicted octanol–water partition coefficient (Wildman–Crippen LogP) is 2.87. The Morgan fingerprint density at radius 3 is 2.30 bits per heavy atom. The molecule has 0 atom stereocenters. The maximum Gasteiger partial charge on any atom is 0.306 e. The van der Waals surface area contributed by atoms with Crippen molar-refractivity contribution in [3.05, 3.63) is 52.8 Å². The van der Waals surface area contributed by atoms with Crippen molar-refractivity contribution in [2.75, 3.05) is 18.4 Å². The van der Waals surface area contributed by atoms with Crippen LogP contribution >= 0.6 is 11.6 Å². The molecule has 8 heteroatoms. The largest absolute Gasteiger partial charge is 0.481 e. The third kappa shape index (κ3) is 4.31. The van der Waals surface area contributed by atoms with Crippen LogP contribution in [0.1, 0.15) is 33.7 Å².